The van der Waals surface area contributed by atoms with Crippen LogP contribution in [-0.4, -0.2) is 26.0 Å². The van der Waals surface area contributed by atoms with E-state index in [9.17, 15) is 4.79 Å². The van der Waals surface area contributed by atoms with Crippen LogP contribution >= 0.6 is 11.8 Å². The smallest absolute Gasteiger partial charge is 0.337 e. The molecule has 2 aromatic rings. The lowest BCUT2D eigenvalue weighted by molar-refractivity contribution is 0.0696. The average Bonchev–Trinajstić information content (AvgIpc) is 2.28. The fourth-order valence-corrected chi connectivity index (χ4v) is 2.21. The van der Waals surface area contributed by atoms with Crippen LogP contribution in [0.2, 0.25) is 0 Å². The normalized spacial score (nSPS) is 10.3. The molecule has 0 atom stereocenters. The van der Waals surface area contributed by atoms with Crippen LogP contribution in [0.25, 0.3) is 0 Å². The first kappa shape index (κ1) is 12.5. The van der Waals surface area contributed by atoms with Gasteiger partial charge in [-0.1, -0.05) is 0 Å². The van der Waals surface area contributed by atoms with E-state index in [1.807, 2.05) is 19.9 Å². The number of carbonyl (C=O) groups is 1. The van der Waals surface area contributed by atoms with Gasteiger partial charge in [-0.25, -0.2) is 19.7 Å². The van der Waals surface area contributed by atoms with Gasteiger partial charge in [0.1, 0.15) is 5.03 Å². The number of pyridine rings is 1. The fraction of sp³-hybridized carbons (Fsp3) is 0.167. The van der Waals surface area contributed by atoms with E-state index in [0.717, 1.165) is 11.4 Å². The van der Waals surface area contributed by atoms with Gasteiger partial charge in [-0.05, 0) is 43.8 Å². The van der Waals surface area contributed by atoms with Crippen LogP contribution in [0.15, 0.2) is 34.6 Å². The Morgan fingerprint density at radius 1 is 1.22 bits per heavy atom. The van der Waals surface area contributed by atoms with E-state index in [2.05, 4.69) is 15.0 Å². The van der Waals surface area contributed by atoms with Crippen LogP contribution < -0.4 is 0 Å². The summed E-state index contributed by atoms with van der Waals surface area (Å²) in [6, 6.07) is 5.06. The number of rotatable bonds is 3. The molecule has 0 radical (unpaired) electrons. The molecule has 0 aliphatic carbocycles. The second-order valence-electron chi connectivity index (χ2n) is 3.73. The molecule has 0 aliphatic rings. The second kappa shape index (κ2) is 5.14. The highest BCUT2D eigenvalue weighted by atomic mass is 32.2. The fourth-order valence-electron chi connectivity index (χ4n) is 1.40. The Kier molecular flexibility index (Phi) is 3.57. The number of carboxylic acids is 1. The Labute approximate surface area is 108 Å². The highest BCUT2D eigenvalue weighted by Gasteiger charge is 2.06. The molecule has 0 fully saturated rings. The van der Waals surface area contributed by atoms with Gasteiger partial charge in [-0.15, -0.1) is 0 Å². The molecule has 6 heteroatoms. The van der Waals surface area contributed by atoms with Crippen molar-refractivity contribution in [2.24, 2.45) is 0 Å². The van der Waals surface area contributed by atoms with Crippen molar-refractivity contribution in [3.63, 3.8) is 0 Å². The number of aromatic nitrogens is 3. The minimum Gasteiger partial charge on any atom is -0.478 e. The van der Waals surface area contributed by atoms with E-state index < -0.39 is 5.97 Å². The molecule has 0 unspecified atom stereocenters. The zero-order valence-corrected chi connectivity index (χ0v) is 10.7. The Bertz CT molecular complexity index is 564. The van der Waals surface area contributed by atoms with Crippen LogP contribution in [0, 0.1) is 13.8 Å². The van der Waals surface area contributed by atoms with E-state index in [1.165, 1.54) is 24.0 Å². The van der Waals surface area contributed by atoms with Crippen LogP contribution in [0.3, 0.4) is 0 Å². The maximum atomic E-state index is 10.7. The van der Waals surface area contributed by atoms with Crippen LogP contribution in [0.4, 0.5) is 0 Å². The molecule has 0 aromatic carbocycles. The first-order valence-corrected chi connectivity index (χ1v) is 6.06. The van der Waals surface area contributed by atoms with Crippen LogP contribution in [-0.2, 0) is 0 Å². The molecule has 0 bridgehead atoms. The topological polar surface area (TPSA) is 76.0 Å². The molecule has 2 heterocycles. The van der Waals surface area contributed by atoms with Crippen molar-refractivity contribution >= 4 is 17.7 Å². The zero-order valence-electron chi connectivity index (χ0n) is 9.91. The van der Waals surface area contributed by atoms with Gasteiger partial charge in [-0.2, -0.15) is 0 Å². The van der Waals surface area contributed by atoms with Crippen molar-refractivity contribution in [2.45, 2.75) is 24.0 Å². The van der Waals surface area contributed by atoms with Crippen molar-refractivity contribution in [1.82, 2.24) is 15.0 Å². The summed E-state index contributed by atoms with van der Waals surface area (Å²) < 4.78 is 0. The molecule has 0 saturated carbocycles. The third-order valence-electron chi connectivity index (χ3n) is 2.14. The molecule has 0 saturated heterocycles. The summed E-state index contributed by atoms with van der Waals surface area (Å²) in [5.74, 6) is -0.985. The van der Waals surface area contributed by atoms with Gasteiger partial charge in [-0.3, -0.25) is 0 Å². The summed E-state index contributed by atoms with van der Waals surface area (Å²) in [7, 11) is 0. The number of aromatic carboxylic acids is 1. The highest BCUT2D eigenvalue weighted by molar-refractivity contribution is 7.99. The third kappa shape index (κ3) is 3.04. The lowest BCUT2D eigenvalue weighted by Crippen LogP contribution is -1.97. The van der Waals surface area contributed by atoms with Gasteiger partial charge in [0.25, 0.3) is 0 Å². The predicted octanol–water partition coefficient (Wildman–Crippen LogP) is 2.34. The molecule has 2 rings (SSSR count). The van der Waals surface area contributed by atoms with Crippen molar-refractivity contribution < 1.29 is 9.90 Å². The van der Waals surface area contributed by atoms with Crippen molar-refractivity contribution in [3.05, 3.63) is 41.3 Å². The third-order valence-corrected chi connectivity index (χ3v) is 2.96. The van der Waals surface area contributed by atoms with E-state index in [-0.39, 0.29) is 5.56 Å². The van der Waals surface area contributed by atoms with E-state index in [0.29, 0.717) is 10.2 Å². The quantitative estimate of drug-likeness (QED) is 0.855. The van der Waals surface area contributed by atoms with Crippen molar-refractivity contribution in [3.8, 4) is 0 Å². The first-order valence-electron chi connectivity index (χ1n) is 5.24. The molecular formula is C12H11N3O2S. The van der Waals surface area contributed by atoms with Crippen molar-refractivity contribution in [1.29, 1.82) is 0 Å². The van der Waals surface area contributed by atoms with E-state index in [1.54, 1.807) is 6.07 Å². The van der Waals surface area contributed by atoms with Gasteiger partial charge in [0, 0.05) is 17.6 Å². The second-order valence-corrected chi connectivity index (χ2v) is 4.71. The maximum absolute atomic E-state index is 10.7. The number of carboxylic acid groups (broad SMARTS) is 1. The van der Waals surface area contributed by atoms with E-state index >= 15 is 0 Å². The summed E-state index contributed by atoms with van der Waals surface area (Å²) in [5, 5.41) is 10.1. The molecule has 0 spiro atoms. The zero-order chi connectivity index (χ0) is 13.1. The van der Waals surface area contributed by atoms with Crippen molar-refractivity contribution in [2.75, 3.05) is 0 Å². The Morgan fingerprint density at radius 2 is 1.89 bits per heavy atom. The van der Waals surface area contributed by atoms with E-state index in [4.69, 9.17) is 5.11 Å². The predicted molar refractivity (Wildman–Crippen MR) is 66.8 cm³/mol. The van der Waals surface area contributed by atoms with Crippen LogP contribution in [0.5, 0.6) is 0 Å². The Hall–Kier alpha value is -1.95. The lowest BCUT2D eigenvalue weighted by atomic mass is 10.3. The Morgan fingerprint density at radius 3 is 2.39 bits per heavy atom. The molecule has 92 valence electrons. The highest BCUT2D eigenvalue weighted by Crippen LogP contribution is 2.22. The summed E-state index contributed by atoms with van der Waals surface area (Å²) in [6.45, 7) is 3.80. The molecule has 18 heavy (non-hydrogen) atoms. The number of hydrogen-bond acceptors (Lipinski definition) is 5. The standard InChI is InChI=1S/C12H11N3O2S/c1-7-5-8(2)15-12(14-7)18-10-4-3-9(6-13-10)11(16)17/h3-6H,1-2H3,(H,16,17). The molecule has 0 amide bonds. The summed E-state index contributed by atoms with van der Waals surface area (Å²) >= 11 is 1.31. The SMILES string of the molecule is Cc1cc(C)nc(Sc2ccc(C(=O)O)cn2)n1. The minimum absolute atomic E-state index is 0.167. The largest absolute Gasteiger partial charge is 0.478 e. The molecule has 0 aliphatic heterocycles. The molecule has 2 aromatic heterocycles. The maximum Gasteiger partial charge on any atom is 0.337 e. The lowest BCUT2D eigenvalue weighted by Gasteiger charge is -2.02. The monoisotopic (exact) mass is 261 g/mol. The minimum atomic E-state index is -0.985. The number of hydrogen-bond donors (Lipinski definition) is 1. The van der Waals surface area contributed by atoms with Crippen LogP contribution in [0.1, 0.15) is 21.7 Å². The summed E-state index contributed by atoms with van der Waals surface area (Å²) in [6.07, 6.45) is 1.33. The van der Waals surface area contributed by atoms with Gasteiger partial charge < -0.3 is 5.11 Å². The summed E-state index contributed by atoms with van der Waals surface area (Å²) in [5.41, 5.74) is 1.96. The average molecular weight is 261 g/mol. The number of nitrogens with zero attached hydrogens (tertiary/aromatic N) is 3. The first-order chi connectivity index (χ1) is 8.54. The van der Waals surface area contributed by atoms with Gasteiger partial charge in [0.2, 0.25) is 0 Å². The molecule has 1 N–H and O–H groups in total. The number of aryl methyl sites for hydroxylation is 2. The van der Waals surface area contributed by atoms with Gasteiger partial charge in [0.05, 0.1) is 5.56 Å². The Balaban J connectivity index is 2.20. The molecular weight excluding hydrogens is 250 g/mol. The van der Waals surface area contributed by atoms with Gasteiger partial charge >= 0.3 is 5.97 Å². The summed E-state index contributed by atoms with van der Waals surface area (Å²) in [4.78, 5) is 23.3. The molecule has 5 nitrogen and oxygen atoms in total. The van der Waals surface area contributed by atoms with Gasteiger partial charge in [0.15, 0.2) is 5.16 Å².